The number of aromatic nitrogens is 4. The number of benzene rings is 1. The smallest absolute Gasteiger partial charge is 0.184 e. The van der Waals surface area contributed by atoms with E-state index in [2.05, 4.69) is 36.3 Å². The van der Waals surface area contributed by atoms with Crippen LogP contribution in [0.1, 0.15) is 26.5 Å². The van der Waals surface area contributed by atoms with E-state index in [0.717, 1.165) is 28.9 Å². The van der Waals surface area contributed by atoms with Crippen molar-refractivity contribution in [1.82, 2.24) is 24.9 Å². The molecule has 1 N–H and O–H groups in total. The normalized spacial score (nSPS) is 12.4. The van der Waals surface area contributed by atoms with Gasteiger partial charge in [0.25, 0.3) is 0 Å². The van der Waals surface area contributed by atoms with Crippen molar-refractivity contribution >= 4 is 16.7 Å². The Balaban J connectivity index is 2.36. The molecule has 0 radical (unpaired) electrons. The Kier molecular flexibility index (Phi) is 2.71. The second-order valence-corrected chi connectivity index (χ2v) is 5.13. The Morgan fingerprint density at radius 3 is 2.84 bits per heavy atom. The summed E-state index contributed by atoms with van der Waals surface area (Å²) in [7, 11) is 0. The van der Waals surface area contributed by atoms with E-state index in [1.807, 2.05) is 28.7 Å². The molecule has 3 aromatic rings. The summed E-state index contributed by atoms with van der Waals surface area (Å²) in [6, 6.07) is 8.04. The highest BCUT2D eigenvalue weighted by atomic mass is 15.2. The molecule has 2 aromatic heterocycles. The maximum absolute atomic E-state index is 4.78. The van der Waals surface area contributed by atoms with Crippen LogP contribution in [0, 0.1) is 0 Å². The molecule has 0 atom stereocenters. The van der Waals surface area contributed by atoms with Gasteiger partial charge in [0.2, 0.25) is 0 Å². The Hall–Kier alpha value is -2.01. The second-order valence-electron chi connectivity index (χ2n) is 5.13. The first kappa shape index (κ1) is 12.0. The van der Waals surface area contributed by atoms with Crippen molar-refractivity contribution in [3.05, 3.63) is 36.3 Å². The predicted molar refractivity (Wildman–Crippen MR) is 75.0 cm³/mol. The van der Waals surface area contributed by atoms with Crippen LogP contribution in [0.15, 0.2) is 30.6 Å². The molecule has 5 heteroatoms. The van der Waals surface area contributed by atoms with Crippen LogP contribution in [0.25, 0.3) is 16.7 Å². The van der Waals surface area contributed by atoms with E-state index in [1.165, 1.54) is 0 Å². The molecule has 0 aliphatic heterocycles. The van der Waals surface area contributed by atoms with E-state index in [0.29, 0.717) is 0 Å². The second kappa shape index (κ2) is 4.28. The Morgan fingerprint density at radius 2 is 2.05 bits per heavy atom. The summed E-state index contributed by atoms with van der Waals surface area (Å²) in [6.07, 6.45) is 1.74. The van der Waals surface area contributed by atoms with Crippen LogP contribution >= 0.6 is 0 Å². The van der Waals surface area contributed by atoms with Crippen molar-refractivity contribution in [3.8, 4) is 0 Å². The van der Waals surface area contributed by atoms with Gasteiger partial charge in [-0.2, -0.15) is 0 Å². The van der Waals surface area contributed by atoms with Crippen LogP contribution < -0.4 is 5.32 Å². The Bertz CT molecular complexity index is 729. The first-order valence-electron chi connectivity index (χ1n) is 6.47. The van der Waals surface area contributed by atoms with Gasteiger partial charge in [-0.3, -0.25) is 4.40 Å². The van der Waals surface area contributed by atoms with E-state index in [-0.39, 0.29) is 5.54 Å². The van der Waals surface area contributed by atoms with Gasteiger partial charge < -0.3 is 5.32 Å². The maximum Gasteiger partial charge on any atom is 0.184 e. The number of nitrogens with one attached hydrogen (secondary N) is 1. The summed E-state index contributed by atoms with van der Waals surface area (Å²) in [6.45, 7) is 7.19. The quantitative estimate of drug-likeness (QED) is 0.779. The minimum atomic E-state index is -0.243. The third-order valence-electron chi connectivity index (χ3n) is 3.34. The zero-order valence-electron chi connectivity index (χ0n) is 11.4. The fourth-order valence-electron chi connectivity index (χ4n) is 2.45. The van der Waals surface area contributed by atoms with E-state index >= 15 is 0 Å². The zero-order valence-corrected chi connectivity index (χ0v) is 11.4. The van der Waals surface area contributed by atoms with Gasteiger partial charge in [0.15, 0.2) is 5.65 Å². The van der Waals surface area contributed by atoms with E-state index < -0.39 is 0 Å². The first-order chi connectivity index (χ1) is 9.13. The molecule has 19 heavy (non-hydrogen) atoms. The molecule has 0 spiro atoms. The number of fused-ring (bicyclic) bond motifs is 3. The van der Waals surface area contributed by atoms with E-state index in [9.17, 15) is 0 Å². The summed E-state index contributed by atoms with van der Waals surface area (Å²) in [5, 5.41) is 11.7. The van der Waals surface area contributed by atoms with Gasteiger partial charge in [0.1, 0.15) is 12.0 Å². The molecular formula is C14H17N5. The number of hydrogen-bond donors (Lipinski definition) is 1. The molecule has 0 amide bonds. The van der Waals surface area contributed by atoms with Crippen molar-refractivity contribution in [1.29, 1.82) is 0 Å². The van der Waals surface area contributed by atoms with Crippen LogP contribution in [0.2, 0.25) is 0 Å². The lowest BCUT2D eigenvalue weighted by Gasteiger charge is -2.25. The third kappa shape index (κ3) is 1.86. The van der Waals surface area contributed by atoms with Gasteiger partial charge in [-0.15, -0.1) is 10.2 Å². The molecule has 0 bridgehead atoms. The number of nitrogens with zero attached hydrogens (tertiary/aromatic N) is 4. The zero-order chi connectivity index (χ0) is 13.5. The largest absolute Gasteiger partial charge is 0.307 e. The van der Waals surface area contributed by atoms with Crippen molar-refractivity contribution in [2.45, 2.75) is 26.3 Å². The monoisotopic (exact) mass is 255 g/mol. The van der Waals surface area contributed by atoms with Gasteiger partial charge in [-0.25, -0.2) is 4.98 Å². The lowest BCUT2D eigenvalue weighted by atomic mass is 10.00. The fraction of sp³-hybridized carbons (Fsp3) is 0.357. The van der Waals surface area contributed by atoms with Gasteiger partial charge in [0, 0.05) is 0 Å². The predicted octanol–water partition coefficient (Wildman–Crippen LogP) is 2.12. The highest BCUT2D eigenvalue weighted by Gasteiger charge is 2.25. The van der Waals surface area contributed by atoms with E-state index in [4.69, 9.17) is 4.98 Å². The molecule has 0 fully saturated rings. The summed E-state index contributed by atoms with van der Waals surface area (Å²) < 4.78 is 2.00. The van der Waals surface area contributed by atoms with Crippen molar-refractivity contribution in [2.24, 2.45) is 0 Å². The lowest BCUT2D eigenvalue weighted by molar-refractivity contribution is 0.407. The van der Waals surface area contributed by atoms with Gasteiger partial charge >= 0.3 is 0 Å². The van der Waals surface area contributed by atoms with Crippen LogP contribution in [0.3, 0.4) is 0 Å². The molecule has 0 unspecified atom stereocenters. The van der Waals surface area contributed by atoms with Crippen LogP contribution in [0.5, 0.6) is 0 Å². The lowest BCUT2D eigenvalue weighted by Crippen LogP contribution is -2.37. The van der Waals surface area contributed by atoms with Crippen LogP contribution in [0.4, 0.5) is 0 Å². The number of rotatable bonds is 3. The first-order valence-corrected chi connectivity index (χ1v) is 6.47. The maximum atomic E-state index is 4.78. The Labute approximate surface area is 111 Å². The van der Waals surface area contributed by atoms with Crippen molar-refractivity contribution in [3.63, 3.8) is 0 Å². The third-order valence-corrected chi connectivity index (χ3v) is 3.34. The van der Waals surface area contributed by atoms with Crippen molar-refractivity contribution in [2.75, 3.05) is 6.54 Å². The molecule has 3 rings (SSSR count). The van der Waals surface area contributed by atoms with Gasteiger partial charge in [-0.1, -0.05) is 19.1 Å². The Morgan fingerprint density at radius 1 is 1.26 bits per heavy atom. The molecule has 0 aliphatic rings. The minimum absolute atomic E-state index is 0.243. The summed E-state index contributed by atoms with van der Waals surface area (Å²) >= 11 is 0. The SMILES string of the molecule is CCNC(C)(C)c1nc2ccccc2n2cnnc12. The topological polar surface area (TPSA) is 55.1 Å². The average Bonchev–Trinajstić information content (AvgIpc) is 2.87. The molecule has 0 saturated carbocycles. The molecule has 0 saturated heterocycles. The summed E-state index contributed by atoms with van der Waals surface area (Å²) in [5.41, 5.74) is 3.47. The highest BCUT2D eigenvalue weighted by Crippen LogP contribution is 2.25. The van der Waals surface area contributed by atoms with Gasteiger partial charge in [-0.05, 0) is 32.5 Å². The fourth-order valence-corrected chi connectivity index (χ4v) is 2.45. The molecule has 5 nitrogen and oxygen atoms in total. The van der Waals surface area contributed by atoms with Gasteiger partial charge in [0.05, 0.1) is 16.6 Å². The molecule has 0 aliphatic carbocycles. The summed E-state index contributed by atoms with van der Waals surface area (Å²) in [5.74, 6) is 0. The van der Waals surface area contributed by atoms with E-state index in [1.54, 1.807) is 6.33 Å². The standard InChI is InChI=1S/C14H17N5/c1-4-15-14(2,3)12-13-18-16-9-19(13)11-8-6-5-7-10(11)17-12/h5-9,15H,4H2,1-3H3. The molecule has 98 valence electrons. The number of para-hydroxylation sites is 2. The average molecular weight is 255 g/mol. The number of hydrogen-bond acceptors (Lipinski definition) is 4. The molecule has 1 aromatic carbocycles. The highest BCUT2D eigenvalue weighted by molar-refractivity contribution is 5.78. The molecular weight excluding hydrogens is 238 g/mol. The summed E-state index contributed by atoms with van der Waals surface area (Å²) in [4.78, 5) is 4.78. The van der Waals surface area contributed by atoms with Crippen LogP contribution in [-0.2, 0) is 5.54 Å². The van der Waals surface area contributed by atoms with Crippen LogP contribution in [-0.4, -0.2) is 26.1 Å². The minimum Gasteiger partial charge on any atom is -0.307 e. The molecule has 2 heterocycles. The van der Waals surface area contributed by atoms with Crippen molar-refractivity contribution < 1.29 is 0 Å².